The number of amides is 2. The summed E-state index contributed by atoms with van der Waals surface area (Å²) < 4.78 is 36.8. The molecule has 2 amide bonds. The van der Waals surface area contributed by atoms with E-state index in [1.54, 1.807) is 6.07 Å². The second-order valence-electron chi connectivity index (χ2n) is 7.55. The number of anilines is 2. The first-order valence-electron chi connectivity index (χ1n) is 10.5. The van der Waals surface area contributed by atoms with Crippen LogP contribution in [0.5, 0.6) is 0 Å². The predicted molar refractivity (Wildman–Crippen MR) is 125 cm³/mol. The third-order valence-electron chi connectivity index (χ3n) is 5.17. The molecular formula is C22H23N3O7S2. The van der Waals surface area contributed by atoms with Gasteiger partial charge in [0.1, 0.15) is 0 Å². The second kappa shape index (κ2) is 10.6. The van der Waals surface area contributed by atoms with Gasteiger partial charge in [0, 0.05) is 23.7 Å². The summed E-state index contributed by atoms with van der Waals surface area (Å²) in [5.41, 5.74) is 1.06. The van der Waals surface area contributed by atoms with E-state index in [2.05, 4.69) is 10.6 Å². The number of sulfonamides is 1. The van der Waals surface area contributed by atoms with Gasteiger partial charge in [0.15, 0.2) is 6.61 Å². The first kappa shape index (κ1) is 24.2. The lowest BCUT2D eigenvalue weighted by atomic mass is 10.2. The normalized spacial score (nSPS) is 18.5. The number of thioether (sulfide) groups is 1. The number of fused-ring (bicyclic) bond motifs is 1. The van der Waals surface area contributed by atoms with E-state index in [4.69, 9.17) is 9.47 Å². The Kier molecular flexibility index (Phi) is 7.51. The number of morpholine rings is 1. The van der Waals surface area contributed by atoms with Gasteiger partial charge in [0.2, 0.25) is 15.9 Å². The smallest absolute Gasteiger partial charge is 0.307 e. The summed E-state index contributed by atoms with van der Waals surface area (Å²) >= 11 is 1.27. The number of carbonyl (C=O) groups is 3. The van der Waals surface area contributed by atoms with E-state index in [1.807, 2.05) is 18.2 Å². The first-order valence-corrected chi connectivity index (χ1v) is 12.8. The zero-order valence-corrected chi connectivity index (χ0v) is 19.7. The molecule has 2 aromatic rings. The van der Waals surface area contributed by atoms with Crippen molar-refractivity contribution in [3.8, 4) is 0 Å². The summed E-state index contributed by atoms with van der Waals surface area (Å²) in [5.74, 6) is -1.55. The SMILES string of the molecule is O=C(COC(=O)C[C@@H]1Sc2ccccc2NC1=O)Nc1ccc(S(=O)(=O)N2CCOCC2)cc1. The number of ether oxygens (including phenoxy) is 2. The molecule has 2 N–H and O–H groups in total. The molecule has 1 fully saturated rings. The van der Waals surface area contributed by atoms with Crippen LogP contribution in [0.25, 0.3) is 0 Å². The van der Waals surface area contributed by atoms with E-state index in [9.17, 15) is 22.8 Å². The minimum absolute atomic E-state index is 0.114. The average molecular weight is 506 g/mol. The molecule has 2 aromatic carbocycles. The maximum Gasteiger partial charge on any atom is 0.307 e. The van der Waals surface area contributed by atoms with Crippen molar-refractivity contribution in [3.05, 3.63) is 48.5 Å². The van der Waals surface area contributed by atoms with Gasteiger partial charge in [-0.1, -0.05) is 12.1 Å². The number of para-hydroxylation sites is 1. The van der Waals surface area contributed by atoms with Crippen LogP contribution in [0.3, 0.4) is 0 Å². The third-order valence-corrected chi connectivity index (χ3v) is 8.36. The summed E-state index contributed by atoms with van der Waals surface area (Å²) in [6.45, 7) is 0.759. The van der Waals surface area contributed by atoms with Crippen LogP contribution in [0.15, 0.2) is 58.3 Å². The fourth-order valence-electron chi connectivity index (χ4n) is 3.43. The summed E-state index contributed by atoms with van der Waals surface area (Å²) in [6.07, 6.45) is -0.174. The lowest BCUT2D eigenvalue weighted by Crippen LogP contribution is -2.40. The van der Waals surface area contributed by atoms with Crippen LogP contribution in [-0.2, 0) is 33.9 Å². The van der Waals surface area contributed by atoms with Gasteiger partial charge in [0.25, 0.3) is 5.91 Å². The largest absolute Gasteiger partial charge is 0.456 e. The maximum atomic E-state index is 12.6. The van der Waals surface area contributed by atoms with Gasteiger partial charge >= 0.3 is 5.97 Å². The molecule has 1 saturated heterocycles. The molecule has 10 nitrogen and oxygen atoms in total. The van der Waals surface area contributed by atoms with E-state index in [1.165, 1.54) is 40.3 Å². The number of benzene rings is 2. The van der Waals surface area contributed by atoms with Gasteiger partial charge < -0.3 is 20.1 Å². The standard InChI is InChI=1S/C22H23N3O7S2/c26-20(14-32-21(27)13-19-22(28)24-17-3-1-2-4-18(17)33-19)23-15-5-7-16(8-6-15)34(29,30)25-9-11-31-12-10-25/h1-8,19H,9-14H2,(H,23,26)(H,24,28)/t19-/m0/s1. The number of hydrogen-bond acceptors (Lipinski definition) is 8. The lowest BCUT2D eigenvalue weighted by molar-refractivity contribution is -0.147. The maximum absolute atomic E-state index is 12.6. The van der Waals surface area contributed by atoms with Gasteiger partial charge in [-0.05, 0) is 36.4 Å². The van der Waals surface area contributed by atoms with Crippen LogP contribution in [0.1, 0.15) is 6.42 Å². The zero-order valence-electron chi connectivity index (χ0n) is 18.1. The van der Waals surface area contributed by atoms with Crippen molar-refractivity contribution in [3.63, 3.8) is 0 Å². The van der Waals surface area contributed by atoms with Crippen LogP contribution in [0, 0.1) is 0 Å². The first-order chi connectivity index (χ1) is 16.3. The number of hydrogen-bond donors (Lipinski definition) is 2. The molecule has 2 heterocycles. The highest BCUT2D eigenvalue weighted by atomic mass is 32.2. The molecule has 0 bridgehead atoms. The Morgan fingerprint density at radius 2 is 1.82 bits per heavy atom. The highest BCUT2D eigenvalue weighted by molar-refractivity contribution is 8.01. The Labute approximate surface area is 201 Å². The van der Waals surface area contributed by atoms with Crippen LogP contribution in [-0.4, -0.2) is 68.7 Å². The van der Waals surface area contributed by atoms with Crippen molar-refractivity contribution >= 4 is 50.9 Å². The fourth-order valence-corrected chi connectivity index (χ4v) is 5.93. The van der Waals surface area contributed by atoms with Crippen molar-refractivity contribution in [2.75, 3.05) is 43.5 Å². The topological polar surface area (TPSA) is 131 Å². The molecule has 2 aliphatic heterocycles. The number of rotatable bonds is 7. The molecule has 12 heteroatoms. The van der Waals surface area contributed by atoms with Gasteiger partial charge in [-0.15, -0.1) is 11.8 Å². The molecule has 0 spiro atoms. The van der Waals surface area contributed by atoms with Crippen LogP contribution < -0.4 is 10.6 Å². The molecule has 4 rings (SSSR count). The number of nitrogens with zero attached hydrogens (tertiary/aromatic N) is 1. The van der Waals surface area contributed by atoms with E-state index >= 15 is 0 Å². The van der Waals surface area contributed by atoms with Crippen LogP contribution in [0.4, 0.5) is 11.4 Å². The molecule has 0 aliphatic carbocycles. The summed E-state index contributed by atoms with van der Waals surface area (Å²) in [4.78, 5) is 37.5. The Balaban J connectivity index is 1.25. The molecule has 0 saturated carbocycles. The lowest BCUT2D eigenvalue weighted by Gasteiger charge is -2.26. The average Bonchev–Trinajstić information content (AvgIpc) is 2.84. The molecule has 180 valence electrons. The van der Waals surface area contributed by atoms with Crippen LogP contribution >= 0.6 is 11.8 Å². The fraction of sp³-hybridized carbons (Fsp3) is 0.318. The van der Waals surface area contributed by atoms with Gasteiger partial charge in [-0.25, -0.2) is 8.42 Å². The van der Waals surface area contributed by atoms with Crippen LogP contribution in [0.2, 0.25) is 0 Å². The Hall–Kier alpha value is -2.93. The highest BCUT2D eigenvalue weighted by Crippen LogP contribution is 2.36. The highest BCUT2D eigenvalue weighted by Gasteiger charge is 2.30. The molecule has 34 heavy (non-hydrogen) atoms. The van der Waals surface area contributed by atoms with Crippen molar-refractivity contribution in [2.45, 2.75) is 21.5 Å². The Morgan fingerprint density at radius 3 is 2.56 bits per heavy atom. The van der Waals surface area contributed by atoms with Gasteiger partial charge in [-0.3, -0.25) is 14.4 Å². The zero-order chi connectivity index (χ0) is 24.1. The number of esters is 1. The predicted octanol–water partition coefficient (Wildman–Crippen LogP) is 1.69. The summed E-state index contributed by atoms with van der Waals surface area (Å²) in [5, 5.41) is 4.65. The summed E-state index contributed by atoms with van der Waals surface area (Å²) in [6, 6.07) is 13.0. The minimum atomic E-state index is -3.63. The Bertz CT molecular complexity index is 1180. The molecule has 0 unspecified atom stereocenters. The van der Waals surface area contributed by atoms with Crippen molar-refractivity contribution in [1.82, 2.24) is 4.31 Å². The second-order valence-corrected chi connectivity index (χ2v) is 10.7. The summed E-state index contributed by atoms with van der Waals surface area (Å²) in [7, 11) is -3.63. The molecule has 1 atom stereocenters. The van der Waals surface area contributed by atoms with E-state index < -0.39 is 33.8 Å². The van der Waals surface area contributed by atoms with E-state index in [-0.39, 0.29) is 17.2 Å². The Morgan fingerprint density at radius 1 is 1.12 bits per heavy atom. The van der Waals surface area contributed by atoms with Gasteiger partial charge in [-0.2, -0.15) is 4.31 Å². The molecule has 2 aliphatic rings. The van der Waals surface area contributed by atoms with Gasteiger partial charge in [0.05, 0.1) is 35.5 Å². The minimum Gasteiger partial charge on any atom is -0.456 e. The van der Waals surface area contributed by atoms with E-state index in [0.717, 1.165) is 4.90 Å². The molecule has 0 radical (unpaired) electrons. The van der Waals surface area contributed by atoms with Crippen molar-refractivity contribution < 1.29 is 32.3 Å². The molecular weight excluding hydrogens is 482 g/mol. The number of nitrogens with one attached hydrogen (secondary N) is 2. The van der Waals surface area contributed by atoms with Crippen molar-refractivity contribution in [2.24, 2.45) is 0 Å². The third kappa shape index (κ3) is 5.76. The number of carbonyl (C=O) groups excluding carboxylic acids is 3. The quantitative estimate of drug-likeness (QED) is 0.544. The van der Waals surface area contributed by atoms with Crippen molar-refractivity contribution in [1.29, 1.82) is 0 Å². The molecule has 0 aromatic heterocycles. The monoisotopic (exact) mass is 505 g/mol. The van der Waals surface area contributed by atoms with E-state index in [0.29, 0.717) is 37.7 Å².